The first-order valence-corrected chi connectivity index (χ1v) is 13.1. The van der Waals surface area contributed by atoms with Crippen LogP contribution in [0.5, 0.6) is 0 Å². The molecule has 2 saturated heterocycles. The van der Waals surface area contributed by atoms with E-state index in [1.807, 2.05) is 0 Å². The molecule has 0 aromatic rings. The van der Waals surface area contributed by atoms with Gasteiger partial charge in [0.1, 0.15) is 0 Å². The van der Waals surface area contributed by atoms with Gasteiger partial charge in [-0.2, -0.15) is 0 Å². The van der Waals surface area contributed by atoms with E-state index in [0.29, 0.717) is 46.5 Å². The molecule has 0 bridgehead atoms. The van der Waals surface area contributed by atoms with Crippen LogP contribution in [0.3, 0.4) is 0 Å². The van der Waals surface area contributed by atoms with E-state index in [-0.39, 0.29) is 37.7 Å². The minimum Gasteiger partial charge on any atom is 0 e. The fourth-order valence-corrected chi connectivity index (χ4v) is 2.77. The van der Waals surface area contributed by atoms with Crippen molar-refractivity contribution in [3.8, 4) is 0 Å². The van der Waals surface area contributed by atoms with Crippen LogP contribution in [0.15, 0.2) is 0 Å². The first-order valence-electron chi connectivity index (χ1n) is 3.26. The van der Waals surface area contributed by atoms with Gasteiger partial charge in [-0.3, -0.25) is 0 Å². The second kappa shape index (κ2) is 12.0. The average molecular weight is 516 g/mol. The Morgan fingerprint density at radius 3 is 0.700 bits per heavy atom. The van der Waals surface area contributed by atoms with Crippen LogP contribution in [0.4, 0.5) is 0 Å². The first kappa shape index (κ1) is 15.4. The van der Waals surface area contributed by atoms with Gasteiger partial charge >= 0.3 is 75.8 Å². The molecule has 2 rings (SSSR count). The van der Waals surface area contributed by atoms with Gasteiger partial charge in [-0.15, -0.1) is 0 Å². The van der Waals surface area contributed by atoms with E-state index in [1.54, 1.807) is 29.4 Å². The molecule has 2 fully saturated rings. The van der Waals surface area contributed by atoms with Crippen LogP contribution >= 0.6 is 0 Å². The average Bonchev–Trinajstić information content (AvgIpc) is 1.12. The zero-order chi connectivity index (χ0) is 5.66. The predicted molar refractivity (Wildman–Crippen MR) is 51.5 cm³/mol. The Kier molecular flexibility index (Phi) is 18.5. The molecule has 48 valence electrons. The van der Waals surface area contributed by atoms with Crippen molar-refractivity contribution in [2.75, 3.05) is 0 Å². The summed E-state index contributed by atoms with van der Waals surface area (Å²) in [5.74, 6) is 0. The smallest absolute Gasteiger partial charge is 0 e. The van der Waals surface area contributed by atoms with Gasteiger partial charge in [0.2, 0.25) is 0 Å². The Balaban J connectivity index is 0. The number of rotatable bonds is 0. The van der Waals surface area contributed by atoms with Crippen molar-refractivity contribution in [3.63, 3.8) is 0 Å². The summed E-state index contributed by atoms with van der Waals surface area (Å²) in [4.78, 5) is 0. The molecule has 0 aliphatic carbocycles. The summed E-state index contributed by atoms with van der Waals surface area (Å²) < 4.78 is 6.72. The maximum Gasteiger partial charge on any atom is 0 e. The second-order valence-electron chi connectivity index (χ2n) is 2.05. The maximum atomic E-state index is 1.68. The molecular weight excluding hydrogens is 504 g/mol. The Labute approximate surface area is 112 Å². The molecule has 2 heterocycles. The predicted octanol–water partition coefficient (Wildman–Crippen LogP) is 1.10. The number of hydrogen-bond acceptors (Lipinski definition) is 0. The molecule has 4 heteroatoms. The SMILES string of the molecule is C1[CH2][Bi][CH2]1.C1[CH2][Bi][CH2]1.[Li].[Li]. The molecule has 0 saturated carbocycles. The topological polar surface area (TPSA) is 0 Å². The summed E-state index contributed by atoms with van der Waals surface area (Å²) >= 11 is 0.673. The molecule has 0 spiro atoms. The first-order chi connectivity index (χ1) is 4.00. The van der Waals surface area contributed by atoms with E-state index in [4.69, 9.17) is 0 Å². The zero-order valence-electron chi connectivity index (χ0n) is 7.14. The molecule has 10 heavy (non-hydrogen) atoms. The minimum atomic E-state index is 0. The van der Waals surface area contributed by atoms with E-state index < -0.39 is 0 Å². The zero-order valence-corrected chi connectivity index (χ0v) is 14.1. The Morgan fingerprint density at radius 2 is 0.700 bits per heavy atom. The third kappa shape index (κ3) is 9.05. The van der Waals surface area contributed by atoms with Crippen LogP contribution in [0.25, 0.3) is 0 Å². The van der Waals surface area contributed by atoms with Gasteiger partial charge in [-0.05, 0) is 0 Å². The Bertz CT molecular complexity index is 37.7. The van der Waals surface area contributed by atoms with Crippen molar-refractivity contribution in [1.82, 2.24) is 0 Å². The van der Waals surface area contributed by atoms with E-state index in [2.05, 4.69) is 0 Å². The van der Waals surface area contributed by atoms with Crippen LogP contribution in [-0.4, -0.2) is 84.2 Å². The van der Waals surface area contributed by atoms with Gasteiger partial charge in [0.05, 0.1) is 0 Å². The largest absolute Gasteiger partial charge is 0 e. The van der Waals surface area contributed by atoms with Gasteiger partial charge in [-0.25, -0.2) is 0 Å². The van der Waals surface area contributed by atoms with Crippen molar-refractivity contribution < 1.29 is 0 Å². The van der Waals surface area contributed by atoms with Crippen molar-refractivity contribution in [3.05, 3.63) is 0 Å². The van der Waals surface area contributed by atoms with Gasteiger partial charge in [0.25, 0.3) is 0 Å². The summed E-state index contributed by atoms with van der Waals surface area (Å²) in [7, 11) is 0. The van der Waals surface area contributed by atoms with Gasteiger partial charge < -0.3 is 0 Å². The molecule has 0 aromatic carbocycles. The normalized spacial score (nSPS) is 19.2. The molecule has 4 radical (unpaired) electrons. The molecule has 0 atom stereocenters. The summed E-state index contributed by atoms with van der Waals surface area (Å²) in [5, 5.41) is 0. The minimum absolute atomic E-state index is 0. The summed E-state index contributed by atoms with van der Waals surface area (Å²) in [5.41, 5.74) is 0. The summed E-state index contributed by atoms with van der Waals surface area (Å²) in [6.07, 6.45) is 3.16. The van der Waals surface area contributed by atoms with E-state index >= 15 is 0 Å². The molecule has 2 aliphatic heterocycles. The third-order valence-corrected chi connectivity index (χ3v) is 11.1. The molecule has 0 aromatic heterocycles. The van der Waals surface area contributed by atoms with E-state index in [9.17, 15) is 0 Å². The van der Waals surface area contributed by atoms with Gasteiger partial charge in [0, 0.05) is 37.7 Å². The molecule has 0 N–H and O–H groups in total. The molecule has 0 amide bonds. The van der Waals surface area contributed by atoms with Crippen LogP contribution in [0, 0.1) is 0 Å². The third-order valence-electron chi connectivity index (χ3n) is 1.26. The quantitative estimate of drug-likeness (QED) is 0.424. The molecular formula is C6H12Bi2Li2. The molecule has 2 aliphatic rings. The van der Waals surface area contributed by atoms with Crippen LogP contribution in [0.1, 0.15) is 12.8 Å². The fourth-order valence-electron chi connectivity index (χ4n) is 0.316. The van der Waals surface area contributed by atoms with Crippen LogP contribution in [-0.2, 0) is 0 Å². The van der Waals surface area contributed by atoms with Crippen LogP contribution in [0.2, 0.25) is 16.5 Å². The Hall–Kier alpha value is 2.96. The number of hydrogen-bond donors (Lipinski definition) is 0. The standard InChI is InChI=1S/2C3H6.2Bi.2Li/c2*1-3-2;;;;/h2*1-3H2;;;;. The molecule has 0 nitrogen and oxygen atoms in total. The molecule has 0 unspecified atom stereocenters. The van der Waals surface area contributed by atoms with Crippen LogP contribution < -0.4 is 0 Å². The fraction of sp³-hybridized carbons (Fsp3) is 1.00. The van der Waals surface area contributed by atoms with Crippen molar-refractivity contribution >= 4 is 84.2 Å². The van der Waals surface area contributed by atoms with Gasteiger partial charge in [0.15, 0.2) is 0 Å². The summed E-state index contributed by atoms with van der Waals surface area (Å²) in [6.45, 7) is 0. The Morgan fingerprint density at radius 1 is 0.600 bits per heavy atom. The monoisotopic (exact) mass is 516 g/mol. The maximum absolute atomic E-state index is 1.68. The van der Waals surface area contributed by atoms with Gasteiger partial charge in [-0.1, -0.05) is 0 Å². The van der Waals surface area contributed by atoms with E-state index in [1.165, 1.54) is 0 Å². The second-order valence-corrected chi connectivity index (χ2v) is 12.5. The van der Waals surface area contributed by atoms with Crippen molar-refractivity contribution in [1.29, 1.82) is 0 Å². The van der Waals surface area contributed by atoms with Crippen molar-refractivity contribution in [2.45, 2.75) is 29.4 Å². The van der Waals surface area contributed by atoms with Crippen molar-refractivity contribution in [2.24, 2.45) is 0 Å². The summed E-state index contributed by atoms with van der Waals surface area (Å²) in [6, 6.07) is 0. The van der Waals surface area contributed by atoms with E-state index in [0.717, 1.165) is 0 Å².